The van der Waals surface area contributed by atoms with E-state index >= 15 is 0 Å². The van der Waals surface area contributed by atoms with Gasteiger partial charge in [-0.1, -0.05) is 48.2 Å². The number of nitrogens with zero attached hydrogens (tertiary/aromatic N) is 3. The summed E-state index contributed by atoms with van der Waals surface area (Å²) in [5.41, 5.74) is 0.669. The van der Waals surface area contributed by atoms with Crippen LogP contribution in [0, 0.1) is 5.82 Å². The van der Waals surface area contributed by atoms with Gasteiger partial charge in [-0.25, -0.2) is 4.39 Å². The van der Waals surface area contributed by atoms with Gasteiger partial charge in [0.05, 0.1) is 17.5 Å². The van der Waals surface area contributed by atoms with E-state index in [0.29, 0.717) is 23.1 Å². The lowest BCUT2D eigenvalue weighted by atomic mass is 10.2. The van der Waals surface area contributed by atoms with Crippen molar-refractivity contribution in [2.45, 2.75) is 24.7 Å². The topological polar surface area (TPSA) is 88.9 Å². The van der Waals surface area contributed by atoms with Crippen molar-refractivity contribution in [1.82, 2.24) is 20.1 Å². The van der Waals surface area contributed by atoms with Crippen molar-refractivity contribution in [1.29, 1.82) is 0 Å². The van der Waals surface area contributed by atoms with Crippen molar-refractivity contribution in [2.24, 2.45) is 0 Å². The number of hydrogen-bond acceptors (Lipinski definition) is 5. The summed E-state index contributed by atoms with van der Waals surface area (Å²) in [6.07, 6.45) is 1.68. The van der Waals surface area contributed by atoms with Crippen LogP contribution in [0.1, 0.15) is 29.1 Å². The predicted octanol–water partition coefficient (Wildman–Crippen LogP) is 3.83. The van der Waals surface area contributed by atoms with E-state index in [2.05, 4.69) is 27.4 Å². The molecule has 0 aliphatic carbocycles. The summed E-state index contributed by atoms with van der Waals surface area (Å²) in [6.45, 7) is 5.97. The fourth-order valence-corrected chi connectivity index (χ4v) is 3.60. The van der Waals surface area contributed by atoms with Gasteiger partial charge >= 0.3 is 0 Å². The number of halogens is 1. The first-order valence-corrected chi connectivity index (χ1v) is 10.5. The monoisotopic (exact) mass is 439 g/mol. The van der Waals surface area contributed by atoms with E-state index in [9.17, 15) is 14.0 Å². The van der Waals surface area contributed by atoms with Gasteiger partial charge in [0.2, 0.25) is 5.91 Å². The van der Waals surface area contributed by atoms with Gasteiger partial charge in [0.1, 0.15) is 5.82 Å². The van der Waals surface area contributed by atoms with Crippen molar-refractivity contribution in [3.05, 3.63) is 84.5 Å². The summed E-state index contributed by atoms with van der Waals surface area (Å²) in [6, 6.07) is 14.4. The zero-order chi connectivity index (χ0) is 22.2. The van der Waals surface area contributed by atoms with Crippen LogP contribution in [0.25, 0.3) is 0 Å². The summed E-state index contributed by atoms with van der Waals surface area (Å²) >= 11 is 1.17. The third-order valence-electron chi connectivity index (χ3n) is 4.31. The summed E-state index contributed by atoms with van der Waals surface area (Å²) in [7, 11) is 0. The second kappa shape index (κ2) is 10.5. The van der Waals surface area contributed by atoms with Gasteiger partial charge in [-0.05, 0) is 31.2 Å². The van der Waals surface area contributed by atoms with Crippen molar-refractivity contribution >= 4 is 29.3 Å². The predicted molar refractivity (Wildman–Crippen MR) is 118 cm³/mol. The molecular formula is C22H22FN5O2S. The Morgan fingerprint density at radius 1 is 1.16 bits per heavy atom. The number of allylic oxidation sites excluding steroid dienone is 1. The SMILES string of the molecule is C=CCn1c(SCC(=O)Nc2ccccc2F)nnc1[C@@H](C)NC(=O)c1ccccc1. The van der Waals surface area contributed by atoms with Crippen LogP contribution in [-0.2, 0) is 11.3 Å². The van der Waals surface area contributed by atoms with E-state index in [-0.39, 0.29) is 23.3 Å². The van der Waals surface area contributed by atoms with Crippen LogP contribution in [-0.4, -0.2) is 32.3 Å². The quantitative estimate of drug-likeness (QED) is 0.391. The third-order valence-corrected chi connectivity index (χ3v) is 5.28. The van der Waals surface area contributed by atoms with Crippen LogP contribution in [0.15, 0.2) is 72.4 Å². The second-order valence-corrected chi connectivity index (χ2v) is 7.56. The van der Waals surface area contributed by atoms with E-state index in [1.165, 1.54) is 23.9 Å². The Bertz CT molecular complexity index is 1070. The molecule has 0 unspecified atom stereocenters. The van der Waals surface area contributed by atoms with Crippen molar-refractivity contribution in [2.75, 3.05) is 11.1 Å². The molecule has 2 N–H and O–H groups in total. The lowest BCUT2D eigenvalue weighted by Crippen LogP contribution is -2.28. The Labute approximate surface area is 183 Å². The molecule has 0 aliphatic heterocycles. The molecule has 0 saturated heterocycles. The van der Waals surface area contributed by atoms with Crippen LogP contribution < -0.4 is 10.6 Å². The molecule has 160 valence electrons. The highest BCUT2D eigenvalue weighted by Gasteiger charge is 2.20. The maximum atomic E-state index is 13.7. The number of para-hydroxylation sites is 1. The Balaban J connectivity index is 1.66. The van der Waals surface area contributed by atoms with Crippen LogP contribution in [0.5, 0.6) is 0 Å². The number of carbonyl (C=O) groups excluding carboxylic acids is 2. The summed E-state index contributed by atoms with van der Waals surface area (Å²) < 4.78 is 15.5. The van der Waals surface area contributed by atoms with Crippen LogP contribution in [0.4, 0.5) is 10.1 Å². The molecule has 0 spiro atoms. The minimum atomic E-state index is -0.499. The van der Waals surface area contributed by atoms with Crippen molar-refractivity contribution in [3.8, 4) is 0 Å². The van der Waals surface area contributed by atoms with Gasteiger partial charge in [0, 0.05) is 12.1 Å². The molecule has 2 aromatic carbocycles. The molecule has 3 rings (SSSR count). The van der Waals surface area contributed by atoms with Gasteiger partial charge in [-0.3, -0.25) is 9.59 Å². The molecule has 0 saturated carbocycles. The molecule has 1 atom stereocenters. The molecule has 0 aliphatic rings. The molecular weight excluding hydrogens is 417 g/mol. The molecule has 7 nitrogen and oxygen atoms in total. The first-order valence-electron chi connectivity index (χ1n) is 9.56. The Hall–Kier alpha value is -3.46. The number of nitrogens with one attached hydrogen (secondary N) is 2. The molecule has 3 aromatic rings. The van der Waals surface area contributed by atoms with Gasteiger partial charge in [0.25, 0.3) is 5.91 Å². The number of hydrogen-bond donors (Lipinski definition) is 2. The molecule has 0 fully saturated rings. The fraction of sp³-hybridized carbons (Fsp3) is 0.182. The summed E-state index contributed by atoms with van der Waals surface area (Å²) in [5.74, 6) is -0.522. The number of aromatic nitrogens is 3. The Kier molecular flexibility index (Phi) is 7.55. The van der Waals surface area contributed by atoms with Crippen LogP contribution in [0.2, 0.25) is 0 Å². The molecule has 31 heavy (non-hydrogen) atoms. The van der Waals surface area contributed by atoms with Gasteiger partial charge < -0.3 is 15.2 Å². The van der Waals surface area contributed by atoms with Crippen LogP contribution >= 0.6 is 11.8 Å². The number of rotatable bonds is 9. The van der Waals surface area contributed by atoms with Crippen molar-refractivity contribution < 1.29 is 14.0 Å². The first kappa shape index (κ1) is 22.2. The van der Waals surface area contributed by atoms with E-state index in [1.54, 1.807) is 47.0 Å². The normalized spacial score (nSPS) is 11.5. The summed E-state index contributed by atoms with van der Waals surface area (Å²) in [5, 5.41) is 14.3. The number of thioether (sulfide) groups is 1. The number of benzene rings is 2. The molecule has 0 radical (unpaired) electrons. The zero-order valence-corrected chi connectivity index (χ0v) is 17.7. The van der Waals surface area contributed by atoms with Gasteiger partial charge in [-0.15, -0.1) is 16.8 Å². The maximum Gasteiger partial charge on any atom is 0.251 e. The largest absolute Gasteiger partial charge is 0.342 e. The number of amides is 2. The van der Waals surface area contributed by atoms with E-state index in [0.717, 1.165) is 0 Å². The summed E-state index contributed by atoms with van der Waals surface area (Å²) in [4.78, 5) is 24.7. The van der Waals surface area contributed by atoms with E-state index in [1.807, 2.05) is 13.0 Å². The smallest absolute Gasteiger partial charge is 0.251 e. The molecule has 1 heterocycles. The Morgan fingerprint density at radius 3 is 2.58 bits per heavy atom. The lowest BCUT2D eigenvalue weighted by Gasteiger charge is -2.15. The lowest BCUT2D eigenvalue weighted by molar-refractivity contribution is -0.113. The molecule has 2 amide bonds. The minimum Gasteiger partial charge on any atom is -0.342 e. The highest BCUT2D eigenvalue weighted by molar-refractivity contribution is 7.99. The molecule has 0 bridgehead atoms. The molecule has 1 aromatic heterocycles. The van der Waals surface area contributed by atoms with Gasteiger partial charge in [-0.2, -0.15) is 0 Å². The zero-order valence-electron chi connectivity index (χ0n) is 16.9. The number of carbonyl (C=O) groups is 2. The van der Waals surface area contributed by atoms with Crippen molar-refractivity contribution in [3.63, 3.8) is 0 Å². The first-order chi connectivity index (χ1) is 15.0. The fourth-order valence-electron chi connectivity index (χ4n) is 2.84. The maximum absolute atomic E-state index is 13.7. The molecule has 9 heteroatoms. The van der Waals surface area contributed by atoms with E-state index in [4.69, 9.17) is 0 Å². The highest BCUT2D eigenvalue weighted by atomic mass is 32.2. The highest BCUT2D eigenvalue weighted by Crippen LogP contribution is 2.22. The average Bonchev–Trinajstić information content (AvgIpc) is 3.17. The van der Waals surface area contributed by atoms with Gasteiger partial charge in [0.15, 0.2) is 11.0 Å². The number of anilines is 1. The van der Waals surface area contributed by atoms with E-state index < -0.39 is 11.9 Å². The average molecular weight is 440 g/mol. The Morgan fingerprint density at radius 2 is 1.87 bits per heavy atom. The second-order valence-electron chi connectivity index (χ2n) is 6.62. The third kappa shape index (κ3) is 5.79. The standard InChI is InChI=1S/C22H22FN5O2S/c1-3-13-28-20(15(2)24-21(30)16-9-5-4-6-10-16)26-27-22(28)31-14-19(29)25-18-12-8-7-11-17(18)23/h3-12,15H,1,13-14H2,2H3,(H,24,30)(H,25,29)/t15-/m1/s1. The van der Waals surface area contributed by atoms with Crippen LogP contribution in [0.3, 0.4) is 0 Å². The minimum absolute atomic E-state index is 0.0222.